The van der Waals surface area contributed by atoms with Gasteiger partial charge in [0.15, 0.2) is 0 Å². The van der Waals surface area contributed by atoms with Crippen LogP contribution in [0.1, 0.15) is 202 Å². The third-order valence-corrected chi connectivity index (χ3v) is 8.34. The normalized spacial score (nSPS) is 12.0. The Bertz CT molecular complexity index is 371. The number of nitrogens with zero attached hydrogens (tertiary/aromatic N) is 1. The fourth-order valence-corrected chi connectivity index (χ4v) is 5.70. The van der Waals surface area contributed by atoms with Gasteiger partial charge in [-0.2, -0.15) is 0 Å². The summed E-state index contributed by atoms with van der Waals surface area (Å²) in [6, 6.07) is 0. The zero-order valence-corrected chi connectivity index (χ0v) is 27.1. The van der Waals surface area contributed by atoms with Gasteiger partial charge in [-0.3, -0.25) is 0 Å². The number of hydrogen-bond acceptors (Lipinski definition) is 1. The largest absolute Gasteiger partial charge is 0.303 e. The van der Waals surface area contributed by atoms with Gasteiger partial charge >= 0.3 is 0 Å². The van der Waals surface area contributed by atoms with Crippen LogP contribution in [0.5, 0.6) is 0 Å². The van der Waals surface area contributed by atoms with E-state index in [9.17, 15) is 0 Å². The van der Waals surface area contributed by atoms with Crippen LogP contribution in [0.4, 0.5) is 0 Å². The predicted octanol–water partition coefficient (Wildman–Crippen LogP) is 12.8. The molecule has 0 radical (unpaired) electrons. The van der Waals surface area contributed by atoms with E-state index in [0.29, 0.717) is 0 Å². The smallest absolute Gasteiger partial charge is 0.00187 e. The second-order valence-corrected chi connectivity index (χ2v) is 13.3. The van der Waals surface area contributed by atoms with Gasteiger partial charge in [0, 0.05) is 0 Å². The van der Waals surface area contributed by atoms with Crippen LogP contribution < -0.4 is 0 Å². The van der Waals surface area contributed by atoms with Crippen molar-refractivity contribution in [3.63, 3.8) is 0 Å². The lowest BCUT2D eigenvalue weighted by Gasteiger charge is -2.22. The topological polar surface area (TPSA) is 3.24 Å². The molecule has 1 nitrogen and oxygen atoms in total. The van der Waals surface area contributed by atoms with E-state index in [-0.39, 0.29) is 0 Å². The van der Waals surface area contributed by atoms with Crippen LogP contribution in [-0.4, -0.2) is 24.5 Å². The first-order valence-corrected chi connectivity index (χ1v) is 17.8. The van der Waals surface area contributed by atoms with Crippen LogP contribution in [-0.2, 0) is 0 Å². The highest BCUT2D eigenvalue weighted by atomic mass is 15.1. The van der Waals surface area contributed by atoms with E-state index < -0.39 is 0 Å². The van der Waals surface area contributed by atoms with Crippen molar-refractivity contribution in [2.75, 3.05) is 19.6 Å². The summed E-state index contributed by atoms with van der Waals surface area (Å²) in [6.45, 7) is 15.8. The lowest BCUT2D eigenvalue weighted by molar-refractivity contribution is 0.254. The minimum Gasteiger partial charge on any atom is -0.303 e. The summed E-state index contributed by atoms with van der Waals surface area (Å²) in [5.74, 6) is 1.78. The minimum atomic E-state index is 0.889. The van der Waals surface area contributed by atoms with E-state index >= 15 is 0 Å². The van der Waals surface area contributed by atoms with Crippen molar-refractivity contribution in [3.8, 4) is 0 Å². The van der Waals surface area contributed by atoms with E-state index in [4.69, 9.17) is 0 Å². The van der Waals surface area contributed by atoms with Gasteiger partial charge in [0.25, 0.3) is 0 Å². The van der Waals surface area contributed by atoms with Gasteiger partial charge in [0.2, 0.25) is 0 Å². The van der Waals surface area contributed by atoms with Gasteiger partial charge in [-0.05, 0) is 50.7 Å². The maximum absolute atomic E-state index is 2.84. The SMILES string of the molecule is CCCCCCCCN(CCCCCCCCCCCC(C)C)CCCCCCCCCCCC(C)C. The number of unbranched alkanes of at least 4 members (excludes halogenated alkanes) is 21. The number of hydrogen-bond donors (Lipinski definition) is 0. The van der Waals surface area contributed by atoms with Crippen LogP contribution in [0.3, 0.4) is 0 Å². The highest BCUT2D eigenvalue weighted by Gasteiger charge is 2.05. The Morgan fingerprint density at radius 3 is 0.838 bits per heavy atom. The molecule has 0 aliphatic heterocycles. The van der Waals surface area contributed by atoms with E-state index in [1.165, 1.54) is 187 Å². The molecule has 224 valence electrons. The van der Waals surface area contributed by atoms with Crippen molar-refractivity contribution in [3.05, 3.63) is 0 Å². The van der Waals surface area contributed by atoms with E-state index in [1.54, 1.807) is 0 Å². The maximum atomic E-state index is 2.84. The molecule has 0 aliphatic rings. The molecule has 0 spiro atoms. The van der Waals surface area contributed by atoms with E-state index in [2.05, 4.69) is 39.5 Å². The Morgan fingerprint density at radius 2 is 0.568 bits per heavy atom. The molecule has 0 amide bonds. The summed E-state index contributed by atoms with van der Waals surface area (Å²) >= 11 is 0. The number of rotatable bonds is 31. The fourth-order valence-electron chi connectivity index (χ4n) is 5.70. The van der Waals surface area contributed by atoms with Crippen molar-refractivity contribution in [2.24, 2.45) is 11.8 Å². The molecule has 37 heavy (non-hydrogen) atoms. The summed E-state index contributed by atoms with van der Waals surface area (Å²) in [5, 5.41) is 0. The third-order valence-electron chi connectivity index (χ3n) is 8.34. The molecular formula is C36H75N. The molecule has 1 heteroatoms. The molecule has 0 rings (SSSR count). The molecule has 0 saturated heterocycles. The molecule has 0 unspecified atom stereocenters. The summed E-state index contributed by atoms with van der Waals surface area (Å²) in [6.07, 6.45) is 37.7. The average Bonchev–Trinajstić information content (AvgIpc) is 2.86. The van der Waals surface area contributed by atoms with Crippen molar-refractivity contribution in [1.29, 1.82) is 0 Å². The summed E-state index contributed by atoms with van der Waals surface area (Å²) in [7, 11) is 0. The van der Waals surface area contributed by atoms with Crippen LogP contribution in [0.2, 0.25) is 0 Å². The van der Waals surface area contributed by atoms with Gasteiger partial charge in [0.05, 0.1) is 0 Å². The van der Waals surface area contributed by atoms with Crippen molar-refractivity contribution >= 4 is 0 Å². The zero-order chi connectivity index (χ0) is 27.2. The van der Waals surface area contributed by atoms with E-state index in [0.717, 1.165) is 11.8 Å². The molecule has 0 fully saturated rings. The van der Waals surface area contributed by atoms with Crippen LogP contribution in [0, 0.1) is 11.8 Å². The highest BCUT2D eigenvalue weighted by Crippen LogP contribution is 2.15. The van der Waals surface area contributed by atoms with Crippen molar-refractivity contribution in [1.82, 2.24) is 4.90 Å². The Hall–Kier alpha value is -0.0400. The Labute approximate surface area is 237 Å². The first-order chi connectivity index (χ1) is 18.1. The summed E-state index contributed by atoms with van der Waals surface area (Å²) in [5.41, 5.74) is 0. The van der Waals surface area contributed by atoms with Gasteiger partial charge in [-0.25, -0.2) is 0 Å². The van der Waals surface area contributed by atoms with Crippen LogP contribution in [0.15, 0.2) is 0 Å². The summed E-state index contributed by atoms with van der Waals surface area (Å²) < 4.78 is 0. The average molecular weight is 522 g/mol. The first-order valence-electron chi connectivity index (χ1n) is 17.8. The van der Waals surface area contributed by atoms with Gasteiger partial charge in [0.1, 0.15) is 0 Å². The van der Waals surface area contributed by atoms with Crippen molar-refractivity contribution < 1.29 is 0 Å². The Morgan fingerprint density at radius 1 is 0.324 bits per heavy atom. The fraction of sp³-hybridized carbons (Fsp3) is 1.00. The lowest BCUT2D eigenvalue weighted by atomic mass is 10.0. The van der Waals surface area contributed by atoms with Crippen molar-refractivity contribution in [2.45, 2.75) is 202 Å². The van der Waals surface area contributed by atoms with Crippen LogP contribution >= 0.6 is 0 Å². The second-order valence-electron chi connectivity index (χ2n) is 13.3. The minimum absolute atomic E-state index is 0.889. The second kappa shape index (κ2) is 30.5. The van der Waals surface area contributed by atoms with Gasteiger partial charge < -0.3 is 4.90 Å². The maximum Gasteiger partial charge on any atom is -0.00187 e. The molecule has 0 aromatic rings. The zero-order valence-electron chi connectivity index (χ0n) is 27.1. The molecule has 0 aliphatic carbocycles. The third kappa shape index (κ3) is 32.1. The standard InChI is InChI=1S/C36H75N/c1-6-7-8-9-22-27-32-37(33-28-23-18-14-10-12-16-20-25-30-35(2)3)34-29-24-19-15-11-13-17-21-26-31-36(4)5/h35-36H,6-34H2,1-5H3. The molecule has 0 bridgehead atoms. The monoisotopic (exact) mass is 522 g/mol. The molecule has 0 N–H and O–H groups in total. The Kier molecular flexibility index (Phi) is 30.5. The lowest BCUT2D eigenvalue weighted by Crippen LogP contribution is -2.27. The van der Waals surface area contributed by atoms with Crippen LogP contribution in [0.25, 0.3) is 0 Å². The predicted molar refractivity (Wildman–Crippen MR) is 172 cm³/mol. The molecule has 0 atom stereocenters. The van der Waals surface area contributed by atoms with E-state index in [1.807, 2.05) is 0 Å². The molecular weight excluding hydrogens is 446 g/mol. The highest BCUT2D eigenvalue weighted by molar-refractivity contribution is 4.61. The molecule has 0 aromatic carbocycles. The van der Waals surface area contributed by atoms with Gasteiger partial charge in [-0.1, -0.05) is 182 Å². The molecule has 0 heterocycles. The molecule has 0 saturated carbocycles. The Balaban J connectivity index is 3.80. The quantitative estimate of drug-likeness (QED) is 0.0820. The summed E-state index contributed by atoms with van der Waals surface area (Å²) in [4.78, 5) is 2.84. The van der Waals surface area contributed by atoms with Gasteiger partial charge in [-0.15, -0.1) is 0 Å². The molecule has 0 aromatic heterocycles. The first kappa shape index (κ1) is 37.0.